The van der Waals surface area contributed by atoms with E-state index >= 15 is 0 Å². The van der Waals surface area contributed by atoms with Gasteiger partial charge in [0.2, 0.25) is 23.3 Å². The first-order chi connectivity index (χ1) is 34.6. The van der Waals surface area contributed by atoms with E-state index in [0.29, 0.717) is 0 Å². The Morgan fingerprint density at radius 2 is 0.811 bits per heavy atom. The van der Waals surface area contributed by atoms with Crippen molar-refractivity contribution >= 4 is 89.6 Å². The highest BCUT2D eigenvalue weighted by Gasteiger charge is 2.27. The molecule has 0 aromatic heterocycles. The largest absolute Gasteiger partial charge is 0.423 e. The van der Waals surface area contributed by atoms with E-state index in [1.54, 1.807) is 13.8 Å². The van der Waals surface area contributed by atoms with Gasteiger partial charge in [0.25, 0.3) is 11.8 Å². The fraction of sp³-hybridized carbons (Fsp3) is 0.280. The molecule has 1 atom stereocenters. The minimum atomic E-state index is -1.29. The van der Waals surface area contributed by atoms with Gasteiger partial charge >= 0.3 is 47.8 Å². The summed E-state index contributed by atoms with van der Waals surface area (Å²) in [5, 5.41) is 9.74. The molecule has 3 aromatic rings. The summed E-state index contributed by atoms with van der Waals surface area (Å²) in [6, 6.07) is 7.06. The summed E-state index contributed by atoms with van der Waals surface area (Å²) in [6.45, 7) is 12.9. The third-order valence-corrected chi connectivity index (χ3v) is 8.58. The Kier molecular flexibility index (Phi) is 21.6. The van der Waals surface area contributed by atoms with Crippen molar-refractivity contribution in [1.29, 1.82) is 0 Å². The maximum absolute atomic E-state index is 14.7. The Labute approximate surface area is 422 Å². The van der Waals surface area contributed by atoms with Crippen LogP contribution in [0.4, 0.5) is 0 Å². The SMILES string of the molecule is CC(=O)N[C@H](CC(C)C)C(=O)NC(=Cc1cc(OC(C)=O)c(OC(C)=O)c(OC(C)=O)c1)C(=O)NC(=Cc1cc(OC(C)=O)c(OC(C)=O)c(OC(C)=O)c1)C(=O)NC=Cc1ccc(OC(C)=O)c(OC(C)=O)c1. The van der Waals surface area contributed by atoms with E-state index in [0.717, 1.165) is 105 Å². The lowest BCUT2D eigenvalue weighted by Crippen LogP contribution is -2.48. The van der Waals surface area contributed by atoms with Gasteiger partial charge in [-0.25, -0.2) is 0 Å². The zero-order chi connectivity index (χ0) is 55.6. The van der Waals surface area contributed by atoms with Crippen LogP contribution in [0.1, 0.15) is 99.3 Å². The van der Waals surface area contributed by atoms with E-state index in [-0.39, 0.29) is 40.5 Å². The monoisotopic (exact) mass is 1030 g/mol. The van der Waals surface area contributed by atoms with Crippen LogP contribution in [0, 0.1) is 5.92 Å². The molecule has 0 heterocycles. The normalized spacial score (nSPS) is 11.5. The number of esters is 8. The van der Waals surface area contributed by atoms with Gasteiger partial charge in [-0.2, -0.15) is 0 Å². The molecule has 0 unspecified atom stereocenters. The van der Waals surface area contributed by atoms with Crippen molar-refractivity contribution in [3.05, 3.63) is 76.7 Å². The van der Waals surface area contributed by atoms with E-state index < -0.39 is 123 Å². The highest BCUT2D eigenvalue weighted by molar-refractivity contribution is 6.09. The Balaban J connectivity index is 2.41. The molecule has 4 N–H and O–H groups in total. The van der Waals surface area contributed by atoms with Crippen LogP contribution >= 0.6 is 0 Å². The molecule has 0 radical (unpaired) electrons. The average molecular weight is 1030 g/mol. The van der Waals surface area contributed by atoms with Gasteiger partial charge in [-0.1, -0.05) is 19.9 Å². The standard InChI is InChI=1S/C50H52N4O20/c1-24(2)16-37(52-25(3)55)49(65)54-39(18-36-22-44(71-30(8)60)47(74-33(11)63)45(23-36)72-31(9)61)50(66)53-38(17-35-20-42(69-28(6)58)46(73-32(10)62)43(21-35)70-29(7)59)48(64)51-15-14-34-12-13-40(67-26(4)56)41(19-34)68-27(5)57/h12-15,17-24,37H,16H2,1-11H3,(H,51,64)(H,52,55)(H,53,66)(H,54,65)/t37-/m1/s1. The van der Waals surface area contributed by atoms with Crippen molar-refractivity contribution in [3.63, 3.8) is 0 Å². The van der Waals surface area contributed by atoms with Crippen LogP contribution in [-0.2, 0) is 57.5 Å². The van der Waals surface area contributed by atoms with Crippen LogP contribution in [0.25, 0.3) is 18.2 Å². The predicted octanol–water partition coefficient (Wildman–Crippen LogP) is 4.04. The minimum Gasteiger partial charge on any atom is -0.423 e. The molecule has 3 aromatic carbocycles. The molecule has 0 saturated carbocycles. The van der Waals surface area contributed by atoms with Crippen LogP contribution in [-0.4, -0.2) is 77.4 Å². The first-order valence-corrected chi connectivity index (χ1v) is 21.9. The van der Waals surface area contributed by atoms with Gasteiger partial charge in [0, 0.05) is 68.5 Å². The molecule has 0 aliphatic heterocycles. The van der Waals surface area contributed by atoms with E-state index in [1.165, 1.54) is 24.3 Å². The van der Waals surface area contributed by atoms with E-state index in [2.05, 4.69) is 21.3 Å². The fourth-order valence-electron chi connectivity index (χ4n) is 6.17. The third kappa shape index (κ3) is 19.7. The number of hydrogen-bond donors (Lipinski definition) is 4. The van der Waals surface area contributed by atoms with Crippen molar-refractivity contribution < 1.29 is 95.4 Å². The van der Waals surface area contributed by atoms with Gasteiger partial charge in [-0.3, -0.25) is 57.5 Å². The predicted molar refractivity (Wildman–Crippen MR) is 256 cm³/mol. The first-order valence-electron chi connectivity index (χ1n) is 21.9. The van der Waals surface area contributed by atoms with Crippen LogP contribution < -0.4 is 59.2 Å². The maximum Gasteiger partial charge on any atom is 0.308 e. The minimum absolute atomic E-state index is 0.0536. The zero-order valence-electron chi connectivity index (χ0n) is 41.9. The summed E-state index contributed by atoms with van der Waals surface area (Å²) in [4.78, 5) is 152. The molecular weight excluding hydrogens is 977 g/mol. The summed E-state index contributed by atoms with van der Waals surface area (Å²) in [6.07, 6.45) is 4.40. The third-order valence-electron chi connectivity index (χ3n) is 8.58. The zero-order valence-corrected chi connectivity index (χ0v) is 41.9. The molecule has 74 heavy (non-hydrogen) atoms. The number of nitrogens with one attached hydrogen (secondary N) is 4. The summed E-state index contributed by atoms with van der Waals surface area (Å²) < 4.78 is 41.7. The number of carbonyl (C=O) groups is 12. The molecule has 3 rings (SSSR count). The van der Waals surface area contributed by atoms with Gasteiger partial charge in [0.15, 0.2) is 34.5 Å². The summed E-state index contributed by atoms with van der Waals surface area (Å²) in [5.74, 6) is -14.5. The highest BCUT2D eigenvalue weighted by atomic mass is 16.6. The lowest BCUT2D eigenvalue weighted by molar-refractivity contribution is -0.135. The van der Waals surface area contributed by atoms with Gasteiger partial charge in [0.05, 0.1) is 0 Å². The van der Waals surface area contributed by atoms with Crippen molar-refractivity contribution in [3.8, 4) is 46.0 Å². The molecule has 0 spiro atoms. The summed E-state index contributed by atoms with van der Waals surface area (Å²) >= 11 is 0. The second-order valence-corrected chi connectivity index (χ2v) is 15.9. The van der Waals surface area contributed by atoms with Crippen molar-refractivity contribution in [2.24, 2.45) is 5.92 Å². The van der Waals surface area contributed by atoms with E-state index in [4.69, 9.17) is 37.9 Å². The quantitative estimate of drug-likeness (QED) is 0.0705. The molecule has 0 fully saturated rings. The Hall–Kier alpha value is -9.48. The maximum atomic E-state index is 14.7. The van der Waals surface area contributed by atoms with Gasteiger partial charge < -0.3 is 59.2 Å². The van der Waals surface area contributed by atoms with Gasteiger partial charge in [0.1, 0.15) is 17.4 Å². The molecule has 24 nitrogen and oxygen atoms in total. The van der Waals surface area contributed by atoms with Crippen molar-refractivity contribution in [2.45, 2.75) is 88.6 Å². The number of benzene rings is 3. The van der Waals surface area contributed by atoms with E-state index in [1.807, 2.05) is 0 Å². The van der Waals surface area contributed by atoms with Crippen LogP contribution in [0.5, 0.6) is 46.0 Å². The molecule has 392 valence electrons. The second kappa shape index (κ2) is 27.2. The summed E-state index contributed by atoms with van der Waals surface area (Å²) in [7, 11) is 0. The topological polar surface area (TPSA) is 327 Å². The number of carbonyl (C=O) groups excluding carboxylic acids is 12. The lowest BCUT2D eigenvalue weighted by atomic mass is 10.0. The molecule has 0 saturated heterocycles. The number of amides is 4. The molecular formula is C50H52N4O20. The fourth-order valence-corrected chi connectivity index (χ4v) is 6.17. The Morgan fingerprint density at radius 3 is 1.19 bits per heavy atom. The average Bonchev–Trinajstić information content (AvgIpc) is 3.24. The molecule has 24 heteroatoms. The number of ether oxygens (including phenoxy) is 8. The number of rotatable bonds is 20. The molecule has 4 amide bonds. The lowest BCUT2D eigenvalue weighted by Gasteiger charge is -2.21. The van der Waals surface area contributed by atoms with Crippen LogP contribution in [0.3, 0.4) is 0 Å². The Morgan fingerprint density at radius 1 is 0.446 bits per heavy atom. The second-order valence-electron chi connectivity index (χ2n) is 15.9. The van der Waals surface area contributed by atoms with Crippen LogP contribution in [0.2, 0.25) is 0 Å². The first kappa shape index (κ1) is 58.8. The van der Waals surface area contributed by atoms with Crippen LogP contribution in [0.15, 0.2) is 60.1 Å². The van der Waals surface area contributed by atoms with Crippen molar-refractivity contribution in [1.82, 2.24) is 21.3 Å². The molecule has 0 aliphatic carbocycles. The summed E-state index contributed by atoms with van der Waals surface area (Å²) in [5.41, 5.74) is -1.43. The van der Waals surface area contributed by atoms with E-state index in [9.17, 15) is 57.5 Å². The Bertz CT molecular complexity index is 2800. The van der Waals surface area contributed by atoms with Gasteiger partial charge in [-0.05, 0) is 83.7 Å². The van der Waals surface area contributed by atoms with Crippen molar-refractivity contribution in [2.75, 3.05) is 0 Å². The highest BCUT2D eigenvalue weighted by Crippen LogP contribution is 2.41. The molecule has 0 bridgehead atoms. The smallest absolute Gasteiger partial charge is 0.308 e. The number of hydrogen-bond acceptors (Lipinski definition) is 20. The van der Waals surface area contributed by atoms with Gasteiger partial charge in [-0.15, -0.1) is 0 Å². The molecule has 0 aliphatic rings.